The van der Waals surface area contributed by atoms with Gasteiger partial charge in [-0.15, -0.1) is 0 Å². The quantitative estimate of drug-likeness (QED) is 0.307. The van der Waals surface area contributed by atoms with E-state index in [0.29, 0.717) is 28.9 Å². The molecule has 1 heterocycles. The maximum Gasteiger partial charge on any atom is 0.353 e. The third kappa shape index (κ3) is 5.03. The molecule has 0 amide bonds. The van der Waals surface area contributed by atoms with Gasteiger partial charge in [0.1, 0.15) is 6.33 Å². The lowest BCUT2D eigenvalue weighted by molar-refractivity contribution is -0.383. The summed E-state index contributed by atoms with van der Waals surface area (Å²) in [5.41, 5.74) is 0.700. The summed E-state index contributed by atoms with van der Waals surface area (Å²) in [6.07, 6.45) is 1.20. The number of para-hydroxylation sites is 1. The van der Waals surface area contributed by atoms with Gasteiger partial charge >= 0.3 is 5.69 Å². The number of aromatic nitrogens is 2. The van der Waals surface area contributed by atoms with Gasteiger partial charge in [0.15, 0.2) is 0 Å². The zero-order valence-corrected chi connectivity index (χ0v) is 19.7. The number of nitrogens with zero attached hydrogens (tertiary/aromatic N) is 4. The highest BCUT2D eigenvalue weighted by atomic mass is 79.9. The molecule has 0 aliphatic rings. The minimum Gasteiger partial charge on any atom is -0.334 e. The molecule has 32 heavy (non-hydrogen) atoms. The van der Waals surface area contributed by atoms with Gasteiger partial charge in [-0.1, -0.05) is 26.0 Å². The topological polar surface area (TPSA) is 130 Å². The van der Waals surface area contributed by atoms with Crippen LogP contribution >= 0.6 is 15.9 Å². The van der Waals surface area contributed by atoms with Gasteiger partial charge in [-0.25, -0.2) is 18.4 Å². The highest BCUT2D eigenvalue weighted by Crippen LogP contribution is 2.34. The lowest BCUT2D eigenvalue weighted by atomic mass is 10.3. The predicted molar refractivity (Wildman–Crippen MR) is 126 cm³/mol. The zero-order chi connectivity index (χ0) is 23.3. The molecule has 0 saturated heterocycles. The summed E-state index contributed by atoms with van der Waals surface area (Å²) in [5, 5.41) is 17.6. The Bertz CT molecular complexity index is 1220. The number of anilines is 4. The molecule has 3 aromatic rings. The van der Waals surface area contributed by atoms with E-state index in [1.54, 1.807) is 32.0 Å². The van der Waals surface area contributed by atoms with Gasteiger partial charge in [-0.05, 0) is 52.3 Å². The lowest BCUT2D eigenvalue weighted by Crippen LogP contribution is -2.30. The van der Waals surface area contributed by atoms with Crippen LogP contribution in [0, 0.1) is 10.1 Å². The van der Waals surface area contributed by atoms with E-state index < -0.39 is 14.9 Å². The van der Waals surface area contributed by atoms with Crippen LogP contribution < -0.4 is 10.6 Å². The number of sulfonamides is 1. The van der Waals surface area contributed by atoms with Gasteiger partial charge in [0, 0.05) is 23.2 Å². The second-order valence-electron chi connectivity index (χ2n) is 6.52. The summed E-state index contributed by atoms with van der Waals surface area (Å²) in [5.74, 6) is -0.0148. The summed E-state index contributed by atoms with van der Waals surface area (Å²) in [6, 6.07) is 13.1. The second kappa shape index (κ2) is 10.0. The molecule has 0 atom stereocenters. The van der Waals surface area contributed by atoms with Gasteiger partial charge in [-0.3, -0.25) is 10.1 Å². The van der Waals surface area contributed by atoms with E-state index in [1.165, 1.54) is 34.9 Å². The lowest BCUT2D eigenvalue weighted by Gasteiger charge is -2.18. The van der Waals surface area contributed by atoms with Crippen LogP contribution in [0.5, 0.6) is 0 Å². The van der Waals surface area contributed by atoms with Crippen molar-refractivity contribution >= 4 is 54.7 Å². The Kier molecular flexibility index (Phi) is 7.38. The Morgan fingerprint density at radius 2 is 1.59 bits per heavy atom. The van der Waals surface area contributed by atoms with Crippen molar-refractivity contribution in [2.24, 2.45) is 0 Å². The summed E-state index contributed by atoms with van der Waals surface area (Å²) in [7, 11) is -3.60. The van der Waals surface area contributed by atoms with Gasteiger partial charge in [0.05, 0.1) is 15.5 Å². The average Bonchev–Trinajstić information content (AvgIpc) is 2.76. The van der Waals surface area contributed by atoms with Crippen molar-refractivity contribution in [3.05, 3.63) is 69.4 Å². The molecule has 0 radical (unpaired) electrons. The first-order chi connectivity index (χ1) is 15.3. The van der Waals surface area contributed by atoms with Crippen LogP contribution in [0.15, 0.2) is 64.2 Å². The number of halogens is 1. The molecule has 10 nitrogen and oxygen atoms in total. The normalized spacial score (nSPS) is 11.4. The van der Waals surface area contributed by atoms with E-state index in [1.807, 2.05) is 6.07 Å². The Morgan fingerprint density at radius 1 is 1.00 bits per heavy atom. The second-order valence-corrected chi connectivity index (χ2v) is 9.31. The third-order valence-electron chi connectivity index (χ3n) is 4.59. The SMILES string of the molecule is CCN(CC)S(=O)(=O)c1ccc(Nc2ncnc(Nc3ccccc3Br)c2[N+](=O)[O-])cc1. The summed E-state index contributed by atoms with van der Waals surface area (Å²) < 4.78 is 27.3. The molecule has 2 aromatic carbocycles. The number of hydrogen-bond acceptors (Lipinski definition) is 8. The summed E-state index contributed by atoms with van der Waals surface area (Å²) >= 11 is 3.39. The Morgan fingerprint density at radius 3 is 2.16 bits per heavy atom. The van der Waals surface area contributed by atoms with Crippen LogP contribution in [0.25, 0.3) is 0 Å². The Hall–Kier alpha value is -3.09. The summed E-state index contributed by atoms with van der Waals surface area (Å²) in [4.78, 5) is 19.4. The largest absolute Gasteiger partial charge is 0.353 e. The monoisotopic (exact) mass is 520 g/mol. The fourth-order valence-corrected chi connectivity index (χ4v) is 4.83. The Balaban J connectivity index is 1.91. The molecule has 0 saturated carbocycles. The van der Waals surface area contributed by atoms with Gasteiger partial charge < -0.3 is 10.6 Å². The van der Waals surface area contributed by atoms with Gasteiger partial charge in [0.25, 0.3) is 0 Å². The minimum atomic E-state index is -3.60. The standard InChI is InChI=1S/C20H21BrN6O4S/c1-3-26(4-2)32(30,31)15-11-9-14(10-12-15)24-19-18(27(28)29)20(23-13-22-19)25-17-8-6-5-7-16(17)21/h5-13H,3-4H2,1-2H3,(H2,22,23,24,25). The predicted octanol–water partition coefficient (Wildman–Crippen LogP) is 4.67. The van der Waals surface area contributed by atoms with Crippen LogP contribution in [0.3, 0.4) is 0 Å². The van der Waals surface area contributed by atoms with Crippen molar-refractivity contribution < 1.29 is 13.3 Å². The smallest absolute Gasteiger partial charge is 0.334 e. The number of benzene rings is 2. The molecule has 0 unspecified atom stereocenters. The number of nitro groups is 1. The number of hydrogen-bond donors (Lipinski definition) is 2. The highest BCUT2D eigenvalue weighted by molar-refractivity contribution is 9.10. The minimum absolute atomic E-state index is 0.0140. The molecule has 12 heteroatoms. The summed E-state index contributed by atoms with van der Waals surface area (Å²) in [6.45, 7) is 4.26. The zero-order valence-electron chi connectivity index (χ0n) is 17.3. The molecule has 2 N–H and O–H groups in total. The first-order valence-electron chi connectivity index (χ1n) is 9.66. The molecule has 0 aliphatic heterocycles. The first-order valence-corrected chi connectivity index (χ1v) is 11.9. The van der Waals surface area contributed by atoms with E-state index in [9.17, 15) is 18.5 Å². The van der Waals surface area contributed by atoms with E-state index in [0.717, 1.165) is 0 Å². The van der Waals surface area contributed by atoms with Crippen LogP contribution in [-0.2, 0) is 10.0 Å². The maximum absolute atomic E-state index is 12.6. The van der Waals surface area contributed by atoms with E-state index >= 15 is 0 Å². The third-order valence-corrected chi connectivity index (χ3v) is 7.35. The molecule has 0 aliphatic carbocycles. The molecule has 3 rings (SSSR count). The first kappa shape index (κ1) is 23.6. The molecule has 168 valence electrons. The van der Waals surface area contributed by atoms with E-state index in [-0.39, 0.29) is 22.2 Å². The van der Waals surface area contributed by atoms with Crippen molar-refractivity contribution in [1.82, 2.24) is 14.3 Å². The maximum atomic E-state index is 12.6. The van der Waals surface area contributed by atoms with Crippen LogP contribution in [0.1, 0.15) is 13.8 Å². The van der Waals surface area contributed by atoms with E-state index in [4.69, 9.17) is 0 Å². The fourth-order valence-electron chi connectivity index (χ4n) is 2.98. The van der Waals surface area contributed by atoms with Crippen LogP contribution in [0.2, 0.25) is 0 Å². The van der Waals surface area contributed by atoms with Gasteiger partial charge in [-0.2, -0.15) is 4.31 Å². The van der Waals surface area contributed by atoms with Crippen molar-refractivity contribution in [2.45, 2.75) is 18.7 Å². The fraction of sp³-hybridized carbons (Fsp3) is 0.200. The van der Waals surface area contributed by atoms with Crippen LogP contribution in [-0.4, -0.2) is 40.7 Å². The highest BCUT2D eigenvalue weighted by Gasteiger charge is 2.25. The molecular formula is C20H21BrN6O4S. The molecule has 1 aromatic heterocycles. The van der Waals surface area contributed by atoms with Gasteiger partial charge in [0.2, 0.25) is 21.7 Å². The molecular weight excluding hydrogens is 500 g/mol. The van der Waals surface area contributed by atoms with Crippen molar-refractivity contribution in [1.29, 1.82) is 0 Å². The van der Waals surface area contributed by atoms with Crippen LogP contribution in [0.4, 0.5) is 28.7 Å². The van der Waals surface area contributed by atoms with Crippen molar-refractivity contribution in [3.8, 4) is 0 Å². The molecule has 0 spiro atoms. The molecule has 0 fully saturated rings. The number of rotatable bonds is 9. The van der Waals surface area contributed by atoms with E-state index in [2.05, 4.69) is 36.5 Å². The van der Waals surface area contributed by atoms with Crippen molar-refractivity contribution in [2.75, 3.05) is 23.7 Å². The van der Waals surface area contributed by atoms with Crippen molar-refractivity contribution in [3.63, 3.8) is 0 Å². The average molecular weight is 521 g/mol. The number of nitrogens with one attached hydrogen (secondary N) is 2. The Labute approximate surface area is 194 Å². The molecule has 0 bridgehead atoms.